The van der Waals surface area contributed by atoms with Crippen molar-refractivity contribution in [3.05, 3.63) is 200 Å². The summed E-state index contributed by atoms with van der Waals surface area (Å²) in [6, 6.07) is 71.4. The van der Waals surface area contributed by atoms with Crippen LogP contribution in [-0.4, -0.2) is 0 Å². The second kappa shape index (κ2) is 12.5. The molecule has 0 unspecified atom stereocenters. The summed E-state index contributed by atoms with van der Waals surface area (Å²) < 4.78 is 6.81. The molecular formula is C50H33NO. The Morgan fingerprint density at radius 3 is 1.65 bits per heavy atom. The van der Waals surface area contributed by atoms with Gasteiger partial charge in [0, 0.05) is 38.8 Å². The maximum Gasteiger partial charge on any atom is 0.143 e. The summed E-state index contributed by atoms with van der Waals surface area (Å²) in [5.74, 6) is 0. The summed E-state index contributed by atoms with van der Waals surface area (Å²) in [7, 11) is 0. The molecule has 0 aliphatic heterocycles. The van der Waals surface area contributed by atoms with Crippen molar-refractivity contribution in [2.24, 2.45) is 0 Å². The van der Waals surface area contributed by atoms with E-state index in [1.807, 2.05) is 0 Å². The number of anilines is 3. The smallest absolute Gasteiger partial charge is 0.143 e. The van der Waals surface area contributed by atoms with Crippen molar-refractivity contribution in [2.75, 3.05) is 4.90 Å². The first-order valence-corrected chi connectivity index (χ1v) is 17.8. The number of fused-ring (bicyclic) bond motifs is 7. The molecule has 0 aliphatic carbocycles. The topological polar surface area (TPSA) is 16.4 Å². The number of hydrogen-bond donors (Lipinski definition) is 0. The predicted octanol–water partition coefficient (Wildman–Crippen LogP) is 14.4. The summed E-state index contributed by atoms with van der Waals surface area (Å²) in [5.41, 5.74) is 12.2. The fraction of sp³-hybridized carbons (Fsp3) is 0. The van der Waals surface area contributed by atoms with Gasteiger partial charge in [0.2, 0.25) is 0 Å². The molecule has 0 aliphatic rings. The van der Waals surface area contributed by atoms with E-state index in [-0.39, 0.29) is 0 Å². The summed E-state index contributed by atoms with van der Waals surface area (Å²) >= 11 is 0. The van der Waals surface area contributed by atoms with E-state index in [1.54, 1.807) is 0 Å². The fourth-order valence-electron chi connectivity index (χ4n) is 7.70. The molecule has 10 rings (SSSR count). The van der Waals surface area contributed by atoms with Gasteiger partial charge in [0.05, 0.1) is 0 Å². The number of benzene rings is 9. The number of nitrogens with zero attached hydrogens (tertiary/aromatic N) is 1. The van der Waals surface area contributed by atoms with Crippen LogP contribution in [0.25, 0.3) is 76.9 Å². The van der Waals surface area contributed by atoms with Gasteiger partial charge in [0.1, 0.15) is 11.2 Å². The van der Waals surface area contributed by atoms with Crippen molar-refractivity contribution in [2.45, 2.75) is 0 Å². The molecule has 1 aromatic heterocycles. The van der Waals surface area contributed by atoms with Crippen molar-refractivity contribution in [3.8, 4) is 33.4 Å². The van der Waals surface area contributed by atoms with E-state index in [0.717, 1.165) is 50.1 Å². The standard InChI is InChI=1S/C50H33NO/c1-3-11-34(12-4-1)40-14-9-17-43(33-40)51(41-15-5-2-6-16-41)42-30-27-36(28-31-42)35-21-23-38(24-22-35)45-19-10-20-46-47-32-29-39-26-25-37-13-7-8-18-44(37)48(39)50(47)52-49(45)46/h1-33H. The molecule has 0 amide bonds. The van der Waals surface area contributed by atoms with Gasteiger partial charge in [0.25, 0.3) is 0 Å². The van der Waals surface area contributed by atoms with Gasteiger partial charge >= 0.3 is 0 Å². The number of hydrogen-bond acceptors (Lipinski definition) is 2. The van der Waals surface area contributed by atoms with Crippen LogP contribution in [0.2, 0.25) is 0 Å². The average molecular weight is 664 g/mol. The highest BCUT2D eigenvalue weighted by Gasteiger charge is 2.17. The molecule has 0 bridgehead atoms. The second-order valence-electron chi connectivity index (χ2n) is 13.3. The van der Waals surface area contributed by atoms with Crippen LogP contribution in [0.4, 0.5) is 17.1 Å². The van der Waals surface area contributed by atoms with E-state index in [2.05, 4.69) is 205 Å². The molecule has 0 N–H and O–H groups in total. The molecule has 0 saturated heterocycles. The molecule has 0 saturated carbocycles. The maximum atomic E-state index is 6.81. The normalized spacial score (nSPS) is 11.5. The fourth-order valence-corrected chi connectivity index (χ4v) is 7.70. The molecule has 0 spiro atoms. The van der Waals surface area contributed by atoms with Crippen molar-refractivity contribution in [3.63, 3.8) is 0 Å². The third kappa shape index (κ3) is 5.12. The van der Waals surface area contributed by atoms with Crippen LogP contribution in [0.1, 0.15) is 0 Å². The second-order valence-corrected chi connectivity index (χ2v) is 13.3. The lowest BCUT2D eigenvalue weighted by Crippen LogP contribution is -2.09. The Hall–Kier alpha value is -6.90. The maximum absolute atomic E-state index is 6.81. The first-order chi connectivity index (χ1) is 25.8. The Balaban J connectivity index is 0.999. The van der Waals surface area contributed by atoms with Crippen molar-refractivity contribution < 1.29 is 4.42 Å². The van der Waals surface area contributed by atoms with Gasteiger partial charge in [0.15, 0.2) is 0 Å². The van der Waals surface area contributed by atoms with Crippen molar-refractivity contribution in [1.82, 2.24) is 0 Å². The quantitative estimate of drug-likeness (QED) is 0.165. The molecule has 10 aromatic rings. The average Bonchev–Trinajstić information content (AvgIpc) is 3.61. The predicted molar refractivity (Wildman–Crippen MR) is 220 cm³/mol. The van der Waals surface area contributed by atoms with Gasteiger partial charge in [-0.2, -0.15) is 0 Å². The van der Waals surface area contributed by atoms with Crippen LogP contribution in [0.3, 0.4) is 0 Å². The van der Waals surface area contributed by atoms with Crippen molar-refractivity contribution in [1.29, 1.82) is 0 Å². The van der Waals surface area contributed by atoms with Crippen LogP contribution < -0.4 is 4.90 Å². The van der Waals surface area contributed by atoms with E-state index in [0.29, 0.717) is 0 Å². The van der Waals surface area contributed by atoms with Crippen LogP contribution in [0.5, 0.6) is 0 Å². The summed E-state index contributed by atoms with van der Waals surface area (Å²) in [4.78, 5) is 2.32. The Labute approximate surface area is 302 Å². The zero-order chi connectivity index (χ0) is 34.4. The molecule has 0 fully saturated rings. The minimum absolute atomic E-state index is 0.923. The first kappa shape index (κ1) is 30.0. The van der Waals surface area contributed by atoms with E-state index < -0.39 is 0 Å². The molecule has 52 heavy (non-hydrogen) atoms. The van der Waals surface area contributed by atoms with Crippen LogP contribution in [0.15, 0.2) is 205 Å². The Morgan fingerprint density at radius 1 is 0.308 bits per heavy atom. The van der Waals surface area contributed by atoms with E-state index in [4.69, 9.17) is 4.42 Å². The minimum atomic E-state index is 0.923. The number of rotatable bonds is 6. The van der Waals surface area contributed by atoms with Crippen LogP contribution in [0, 0.1) is 0 Å². The minimum Gasteiger partial charge on any atom is -0.455 e. The highest BCUT2D eigenvalue weighted by molar-refractivity contribution is 6.23. The van der Waals surface area contributed by atoms with E-state index in [1.165, 1.54) is 43.8 Å². The third-order valence-electron chi connectivity index (χ3n) is 10.3. The zero-order valence-electron chi connectivity index (χ0n) is 28.4. The molecule has 2 nitrogen and oxygen atoms in total. The molecule has 1 heterocycles. The van der Waals surface area contributed by atoms with Crippen LogP contribution in [-0.2, 0) is 0 Å². The molecular weight excluding hydrogens is 631 g/mol. The van der Waals surface area contributed by atoms with Gasteiger partial charge in [-0.15, -0.1) is 0 Å². The lowest BCUT2D eigenvalue weighted by molar-refractivity contribution is 0.674. The lowest BCUT2D eigenvalue weighted by Gasteiger charge is -2.26. The Bertz CT molecular complexity index is 2870. The molecule has 0 atom stereocenters. The summed E-state index contributed by atoms with van der Waals surface area (Å²) in [6.07, 6.45) is 0. The monoisotopic (exact) mass is 663 g/mol. The highest BCUT2D eigenvalue weighted by Crippen LogP contribution is 2.42. The largest absolute Gasteiger partial charge is 0.455 e. The number of furan rings is 1. The SMILES string of the molecule is c1ccc(-c2cccc(N(c3ccccc3)c3ccc(-c4ccc(-c5cccc6c5oc5c6ccc6ccc7ccccc7c65)cc4)cc3)c2)cc1. The van der Waals surface area contributed by atoms with Gasteiger partial charge in [-0.3, -0.25) is 0 Å². The molecule has 0 radical (unpaired) electrons. The van der Waals surface area contributed by atoms with Gasteiger partial charge in [-0.1, -0.05) is 158 Å². The summed E-state index contributed by atoms with van der Waals surface area (Å²) in [5, 5.41) is 7.08. The van der Waals surface area contributed by atoms with E-state index in [9.17, 15) is 0 Å². The molecule has 9 aromatic carbocycles. The lowest BCUT2D eigenvalue weighted by atomic mass is 9.97. The molecule has 2 heteroatoms. The van der Waals surface area contributed by atoms with Crippen molar-refractivity contribution >= 4 is 60.5 Å². The van der Waals surface area contributed by atoms with E-state index >= 15 is 0 Å². The molecule has 244 valence electrons. The van der Waals surface area contributed by atoms with Crippen LogP contribution >= 0.6 is 0 Å². The number of para-hydroxylation sites is 2. The third-order valence-corrected chi connectivity index (χ3v) is 10.3. The van der Waals surface area contributed by atoms with Gasteiger partial charge in [-0.25, -0.2) is 0 Å². The highest BCUT2D eigenvalue weighted by atomic mass is 16.3. The summed E-state index contributed by atoms with van der Waals surface area (Å²) in [6.45, 7) is 0. The Kier molecular flexibility index (Phi) is 7.18. The van der Waals surface area contributed by atoms with Gasteiger partial charge < -0.3 is 9.32 Å². The Morgan fingerprint density at radius 2 is 0.846 bits per heavy atom. The van der Waals surface area contributed by atoms with Gasteiger partial charge in [-0.05, 0) is 86.4 Å². The zero-order valence-corrected chi connectivity index (χ0v) is 28.4. The first-order valence-electron chi connectivity index (χ1n) is 17.8.